The summed E-state index contributed by atoms with van der Waals surface area (Å²) in [4.78, 5) is 2.18. The minimum atomic E-state index is -3.31. The lowest BCUT2D eigenvalue weighted by Gasteiger charge is -2.37. The van der Waals surface area contributed by atoms with Crippen LogP contribution in [0, 0.1) is 6.92 Å². The maximum absolute atomic E-state index is 12.1. The van der Waals surface area contributed by atoms with Gasteiger partial charge in [-0.1, -0.05) is 17.7 Å². The maximum atomic E-state index is 12.1. The molecule has 1 aromatic carbocycles. The first-order chi connectivity index (χ1) is 9.34. The Kier molecular flexibility index (Phi) is 4.59. The van der Waals surface area contributed by atoms with Gasteiger partial charge in [-0.25, -0.2) is 0 Å². The lowest BCUT2D eigenvalue weighted by Crippen LogP contribution is -2.51. The van der Waals surface area contributed by atoms with Gasteiger partial charge in [0.15, 0.2) is 0 Å². The van der Waals surface area contributed by atoms with Crippen molar-refractivity contribution < 1.29 is 8.42 Å². The predicted octanol–water partition coefficient (Wildman–Crippen LogP) is 1.58. The highest BCUT2D eigenvalue weighted by Crippen LogP contribution is 2.27. The normalized spacial score (nSPS) is 17.8. The van der Waals surface area contributed by atoms with E-state index in [1.54, 1.807) is 14.1 Å². The fourth-order valence-electron chi connectivity index (χ4n) is 2.33. The van der Waals surface area contributed by atoms with E-state index < -0.39 is 10.2 Å². The zero-order valence-electron chi connectivity index (χ0n) is 12.0. The van der Waals surface area contributed by atoms with Crippen LogP contribution in [0.15, 0.2) is 18.2 Å². The van der Waals surface area contributed by atoms with Gasteiger partial charge in [-0.15, -0.1) is 0 Å². The number of nitrogens with zero attached hydrogens (tertiary/aromatic N) is 3. The number of benzene rings is 1. The fourth-order valence-corrected chi connectivity index (χ4v) is 3.59. The van der Waals surface area contributed by atoms with Crippen molar-refractivity contribution in [2.45, 2.75) is 6.92 Å². The Morgan fingerprint density at radius 2 is 1.75 bits per heavy atom. The number of anilines is 1. The van der Waals surface area contributed by atoms with Crippen LogP contribution in [0.2, 0.25) is 5.02 Å². The van der Waals surface area contributed by atoms with Crippen LogP contribution in [0.4, 0.5) is 5.69 Å². The topological polar surface area (TPSA) is 43.9 Å². The summed E-state index contributed by atoms with van der Waals surface area (Å²) in [6.45, 7) is 4.32. The van der Waals surface area contributed by atoms with Gasteiger partial charge in [0.2, 0.25) is 0 Å². The van der Waals surface area contributed by atoms with Gasteiger partial charge in [-0.05, 0) is 24.6 Å². The summed E-state index contributed by atoms with van der Waals surface area (Å²) in [5.41, 5.74) is 2.12. The van der Waals surface area contributed by atoms with Crippen LogP contribution in [-0.4, -0.2) is 57.3 Å². The Labute approximate surface area is 125 Å². The highest BCUT2D eigenvalue weighted by atomic mass is 35.5. The molecule has 0 atom stereocenters. The third kappa shape index (κ3) is 2.93. The van der Waals surface area contributed by atoms with Gasteiger partial charge in [0, 0.05) is 51.0 Å². The van der Waals surface area contributed by atoms with E-state index in [4.69, 9.17) is 11.6 Å². The average molecular weight is 318 g/mol. The van der Waals surface area contributed by atoms with Gasteiger partial charge in [0.05, 0.1) is 0 Å². The first kappa shape index (κ1) is 15.6. The molecule has 2 rings (SSSR count). The van der Waals surface area contributed by atoms with Gasteiger partial charge >= 0.3 is 0 Å². The van der Waals surface area contributed by atoms with Crippen molar-refractivity contribution in [3.63, 3.8) is 0 Å². The molecule has 5 nitrogen and oxygen atoms in total. The Hall–Kier alpha value is -0.820. The van der Waals surface area contributed by atoms with Gasteiger partial charge in [-0.3, -0.25) is 0 Å². The molecule has 1 fully saturated rings. The Bertz CT molecular complexity index is 581. The van der Waals surface area contributed by atoms with Crippen LogP contribution in [0.5, 0.6) is 0 Å². The van der Waals surface area contributed by atoms with E-state index in [1.807, 2.05) is 25.1 Å². The van der Waals surface area contributed by atoms with Gasteiger partial charge < -0.3 is 4.90 Å². The second-order valence-electron chi connectivity index (χ2n) is 5.06. The molecule has 1 aromatic rings. The molecule has 1 heterocycles. The van der Waals surface area contributed by atoms with E-state index in [0.717, 1.165) is 16.3 Å². The molecule has 20 heavy (non-hydrogen) atoms. The molecule has 7 heteroatoms. The molecule has 112 valence electrons. The highest BCUT2D eigenvalue weighted by molar-refractivity contribution is 7.86. The summed E-state index contributed by atoms with van der Waals surface area (Å²) in [5.74, 6) is 0. The SMILES string of the molecule is Cc1c(Cl)cccc1N1CCN(S(=O)(=O)N(C)C)CC1. The Morgan fingerprint density at radius 3 is 2.30 bits per heavy atom. The van der Waals surface area contributed by atoms with E-state index >= 15 is 0 Å². The molecule has 0 saturated carbocycles. The summed E-state index contributed by atoms with van der Waals surface area (Å²) >= 11 is 6.14. The van der Waals surface area contributed by atoms with Crippen molar-refractivity contribution in [3.8, 4) is 0 Å². The van der Waals surface area contributed by atoms with Crippen molar-refractivity contribution in [1.29, 1.82) is 0 Å². The largest absolute Gasteiger partial charge is 0.369 e. The second-order valence-corrected chi connectivity index (χ2v) is 7.61. The first-order valence-electron chi connectivity index (χ1n) is 6.51. The van der Waals surface area contributed by atoms with Crippen LogP contribution in [0.25, 0.3) is 0 Å². The fraction of sp³-hybridized carbons (Fsp3) is 0.538. The van der Waals surface area contributed by atoms with Crippen molar-refractivity contribution in [3.05, 3.63) is 28.8 Å². The summed E-state index contributed by atoms with van der Waals surface area (Å²) < 4.78 is 26.9. The van der Waals surface area contributed by atoms with Gasteiger partial charge in [0.25, 0.3) is 10.2 Å². The summed E-state index contributed by atoms with van der Waals surface area (Å²) in [5, 5.41) is 0.742. The zero-order valence-corrected chi connectivity index (χ0v) is 13.6. The van der Waals surface area contributed by atoms with E-state index in [1.165, 1.54) is 8.61 Å². The van der Waals surface area contributed by atoms with Crippen LogP contribution < -0.4 is 4.90 Å². The number of rotatable bonds is 3. The molecule has 1 aliphatic heterocycles. The van der Waals surface area contributed by atoms with E-state index in [9.17, 15) is 8.42 Å². The van der Waals surface area contributed by atoms with Gasteiger partial charge in [0.1, 0.15) is 0 Å². The third-order valence-electron chi connectivity index (χ3n) is 3.61. The lowest BCUT2D eigenvalue weighted by atomic mass is 10.1. The molecule has 1 saturated heterocycles. The molecule has 0 spiro atoms. The quantitative estimate of drug-likeness (QED) is 0.850. The summed E-state index contributed by atoms with van der Waals surface area (Å²) in [6.07, 6.45) is 0. The van der Waals surface area contributed by atoms with E-state index in [-0.39, 0.29) is 0 Å². The zero-order chi connectivity index (χ0) is 14.9. The van der Waals surface area contributed by atoms with Gasteiger partial charge in [-0.2, -0.15) is 17.0 Å². The second kappa shape index (κ2) is 5.89. The molecule has 0 bridgehead atoms. The summed E-state index contributed by atoms with van der Waals surface area (Å²) in [6, 6.07) is 5.82. The number of piperazine rings is 1. The Balaban J connectivity index is 2.11. The van der Waals surface area contributed by atoms with Crippen molar-refractivity contribution in [1.82, 2.24) is 8.61 Å². The predicted molar refractivity (Wildman–Crippen MR) is 82.6 cm³/mol. The molecule has 0 aliphatic carbocycles. The minimum absolute atomic E-state index is 0.493. The number of hydrogen-bond acceptors (Lipinski definition) is 3. The monoisotopic (exact) mass is 317 g/mol. The molecule has 0 N–H and O–H groups in total. The highest BCUT2D eigenvalue weighted by Gasteiger charge is 2.29. The van der Waals surface area contributed by atoms with Crippen LogP contribution in [-0.2, 0) is 10.2 Å². The lowest BCUT2D eigenvalue weighted by molar-refractivity contribution is 0.355. The molecular formula is C13H20ClN3O2S. The molecule has 1 aliphatic rings. The number of halogens is 1. The first-order valence-corrected chi connectivity index (χ1v) is 8.29. The molecular weight excluding hydrogens is 298 g/mol. The number of hydrogen-bond donors (Lipinski definition) is 0. The standard InChI is InChI=1S/C13H20ClN3O2S/c1-11-12(14)5-4-6-13(11)16-7-9-17(10-8-16)20(18,19)15(2)3/h4-6H,7-10H2,1-3H3. The molecule has 0 aromatic heterocycles. The van der Waals surface area contributed by atoms with Crippen molar-refractivity contribution >= 4 is 27.5 Å². The van der Waals surface area contributed by atoms with Crippen LogP contribution in [0.1, 0.15) is 5.56 Å². The molecule has 0 radical (unpaired) electrons. The summed E-state index contributed by atoms with van der Waals surface area (Å²) in [7, 11) is -0.193. The third-order valence-corrected chi connectivity index (χ3v) is 5.96. The van der Waals surface area contributed by atoms with Crippen LogP contribution in [0.3, 0.4) is 0 Å². The van der Waals surface area contributed by atoms with Crippen molar-refractivity contribution in [2.75, 3.05) is 45.2 Å². The van der Waals surface area contributed by atoms with E-state index in [0.29, 0.717) is 26.2 Å². The maximum Gasteiger partial charge on any atom is 0.281 e. The van der Waals surface area contributed by atoms with E-state index in [2.05, 4.69) is 4.90 Å². The van der Waals surface area contributed by atoms with Crippen LogP contribution >= 0.6 is 11.6 Å². The van der Waals surface area contributed by atoms with Crippen molar-refractivity contribution in [2.24, 2.45) is 0 Å². The Morgan fingerprint density at radius 1 is 1.15 bits per heavy atom. The minimum Gasteiger partial charge on any atom is -0.369 e. The smallest absolute Gasteiger partial charge is 0.281 e. The molecule has 0 amide bonds. The average Bonchev–Trinajstić information content (AvgIpc) is 2.42. The molecule has 0 unspecified atom stereocenters.